The summed E-state index contributed by atoms with van der Waals surface area (Å²) in [6.45, 7) is 0. The van der Waals surface area contributed by atoms with Gasteiger partial charge in [-0.2, -0.15) is 12.2 Å². The van der Waals surface area contributed by atoms with Crippen LogP contribution < -0.4 is 3.82 Å². The molecule has 0 spiro atoms. The van der Waals surface area contributed by atoms with Crippen LogP contribution in [0.2, 0.25) is 0 Å². The maximum Gasteiger partial charge on any atom is 0.404 e. The van der Waals surface area contributed by atoms with Crippen LogP contribution in [0.25, 0.3) is 0 Å². The number of hydrogen-bond acceptors (Lipinski definition) is 2. The molecule has 0 aliphatic heterocycles. The van der Waals surface area contributed by atoms with Crippen molar-refractivity contribution in [1.82, 2.24) is 0 Å². The van der Waals surface area contributed by atoms with E-state index in [4.69, 9.17) is 11.8 Å². The van der Waals surface area contributed by atoms with Crippen molar-refractivity contribution in [3.05, 3.63) is 30.3 Å². The fourth-order valence-corrected chi connectivity index (χ4v) is 1.17. The first-order valence-corrected chi connectivity index (χ1v) is 4.69. The zero-order valence-corrected chi connectivity index (χ0v) is 7.42. The topological polar surface area (TPSA) is 57.3 Å². The first-order chi connectivity index (χ1) is 5.52. The van der Waals surface area contributed by atoms with E-state index in [2.05, 4.69) is 0 Å². The summed E-state index contributed by atoms with van der Waals surface area (Å²) in [6, 6.07) is 7.68. The van der Waals surface area contributed by atoms with Gasteiger partial charge in [-0.05, 0) is 12.1 Å². The molecule has 0 amide bonds. The lowest BCUT2D eigenvalue weighted by molar-refractivity contribution is 0.416. The Morgan fingerprint density at radius 2 is 1.67 bits per heavy atom. The number of nitrogens with zero attached hydrogens (tertiary/aromatic N) is 1. The summed E-state index contributed by atoms with van der Waals surface area (Å²) in [5.74, 6) is 0. The summed E-state index contributed by atoms with van der Waals surface area (Å²) < 4.78 is 31.3. The van der Waals surface area contributed by atoms with Gasteiger partial charge >= 0.3 is 10.3 Å². The smallest absolute Gasteiger partial charge is 0.172 e. The number of para-hydroxylation sites is 1. The van der Waals surface area contributed by atoms with Crippen molar-refractivity contribution in [3.8, 4) is 0 Å². The molecule has 0 saturated heterocycles. The highest BCUT2D eigenvalue weighted by molar-refractivity contribution is 7.88. The van der Waals surface area contributed by atoms with E-state index >= 15 is 0 Å². The summed E-state index contributed by atoms with van der Waals surface area (Å²) in [6.07, 6.45) is 0. The highest BCUT2D eigenvalue weighted by atomic mass is 35.5. The zero-order chi connectivity index (χ0) is 9.19. The van der Waals surface area contributed by atoms with Crippen molar-refractivity contribution >= 4 is 27.8 Å². The number of benzene rings is 1. The fraction of sp³-hybridized carbons (Fsp3) is 0. The molecule has 0 heterocycles. The molecule has 0 aliphatic carbocycles. The third-order valence-electron chi connectivity index (χ3n) is 1.16. The molecule has 0 aromatic heterocycles. The van der Waals surface area contributed by atoms with Gasteiger partial charge in [0.2, 0.25) is 0 Å². The van der Waals surface area contributed by atoms with Crippen molar-refractivity contribution in [1.29, 1.82) is 0 Å². The Labute approximate surface area is 75.4 Å². The number of halogens is 1. The molecule has 0 aliphatic rings. The Morgan fingerprint density at radius 1 is 1.17 bits per heavy atom. The molecular weight excluding hydrogens is 202 g/mol. The van der Waals surface area contributed by atoms with Crippen LogP contribution in [0.1, 0.15) is 0 Å². The Balaban J connectivity index is 3.02. The van der Waals surface area contributed by atoms with Crippen molar-refractivity contribution in [2.45, 2.75) is 0 Å². The van der Waals surface area contributed by atoms with Gasteiger partial charge in [0.15, 0.2) is 0 Å². The second-order valence-electron chi connectivity index (χ2n) is 2.01. The Bertz CT molecular complexity index is 350. The second kappa shape index (κ2) is 3.30. The second-order valence-corrected chi connectivity index (χ2v) is 3.77. The lowest BCUT2D eigenvalue weighted by Crippen LogP contribution is -2.18. The Morgan fingerprint density at radius 3 is 2.08 bits per heavy atom. The van der Waals surface area contributed by atoms with Gasteiger partial charge in [-0.3, -0.25) is 0 Å². The van der Waals surface area contributed by atoms with E-state index in [-0.39, 0.29) is 9.51 Å². The maximum atomic E-state index is 10.4. The highest BCUT2D eigenvalue weighted by Crippen LogP contribution is 2.18. The summed E-state index contributed by atoms with van der Waals surface area (Å²) >= 11 is 5.22. The van der Waals surface area contributed by atoms with E-state index in [0.717, 1.165) is 0 Å². The van der Waals surface area contributed by atoms with Gasteiger partial charge in [0.25, 0.3) is 0 Å². The monoisotopic (exact) mass is 206 g/mol. The Kier molecular flexibility index (Phi) is 2.56. The van der Waals surface area contributed by atoms with Crippen LogP contribution in [0, 0.1) is 0 Å². The molecule has 1 aromatic carbocycles. The molecule has 0 saturated carbocycles. The predicted molar refractivity (Wildman–Crippen MR) is 44.4 cm³/mol. The van der Waals surface area contributed by atoms with E-state index in [1.807, 2.05) is 0 Å². The van der Waals surface area contributed by atoms with Crippen LogP contribution in [-0.4, -0.2) is 8.42 Å². The first-order valence-electron chi connectivity index (χ1n) is 2.99. The molecule has 1 aromatic rings. The van der Waals surface area contributed by atoms with E-state index in [1.165, 1.54) is 12.1 Å². The molecule has 65 valence electrons. The third-order valence-corrected chi connectivity index (χ3v) is 2.46. The third kappa shape index (κ3) is 2.10. The molecule has 1 rings (SSSR count). The van der Waals surface area contributed by atoms with Gasteiger partial charge in [0.05, 0.1) is 5.69 Å². The van der Waals surface area contributed by atoms with Crippen LogP contribution in [0.4, 0.5) is 5.69 Å². The quantitative estimate of drug-likeness (QED) is 0.686. The number of hydrogen-bond donors (Lipinski definition) is 0. The highest BCUT2D eigenvalue weighted by Gasteiger charge is 2.18. The maximum absolute atomic E-state index is 10.4. The SMILES string of the molecule is [O]S(=O)(=O)N(Cl)c1ccccc1. The normalized spacial score (nSPS) is 11.2. The lowest BCUT2D eigenvalue weighted by atomic mass is 10.3. The van der Waals surface area contributed by atoms with Gasteiger partial charge < -0.3 is 0 Å². The molecule has 0 atom stereocenters. The molecule has 12 heavy (non-hydrogen) atoms. The van der Waals surface area contributed by atoms with Crippen molar-refractivity contribution < 1.29 is 13.0 Å². The van der Waals surface area contributed by atoms with Crippen molar-refractivity contribution in [2.75, 3.05) is 3.82 Å². The minimum atomic E-state index is -4.61. The summed E-state index contributed by atoms with van der Waals surface area (Å²) in [7, 11) is -4.61. The first kappa shape index (κ1) is 9.31. The lowest BCUT2D eigenvalue weighted by Gasteiger charge is -2.08. The molecule has 1 radical (unpaired) electrons. The average molecular weight is 207 g/mol. The van der Waals surface area contributed by atoms with E-state index in [0.29, 0.717) is 0 Å². The van der Waals surface area contributed by atoms with Crippen LogP contribution >= 0.6 is 11.8 Å². The van der Waals surface area contributed by atoms with Crippen LogP contribution in [0.3, 0.4) is 0 Å². The Hall–Kier alpha value is -0.780. The van der Waals surface area contributed by atoms with Gasteiger partial charge in [-0.1, -0.05) is 22.8 Å². The summed E-state index contributed by atoms with van der Waals surface area (Å²) in [5, 5.41) is 0. The number of anilines is 1. The molecule has 6 heteroatoms. The van der Waals surface area contributed by atoms with E-state index in [1.54, 1.807) is 18.2 Å². The standard InChI is InChI=1S/C6H5ClNO3S/c7-8(12(9,10)11)6-4-2-1-3-5-6/h1-5H. The van der Waals surface area contributed by atoms with Crippen molar-refractivity contribution in [2.24, 2.45) is 0 Å². The molecule has 0 N–H and O–H groups in total. The summed E-state index contributed by atoms with van der Waals surface area (Å²) in [4.78, 5) is 0. The average Bonchev–Trinajstić information content (AvgIpc) is 2.03. The molecule has 0 fully saturated rings. The predicted octanol–water partition coefficient (Wildman–Crippen LogP) is 1.32. The fourth-order valence-electron chi connectivity index (χ4n) is 0.674. The van der Waals surface area contributed by atoms with Gasteiger partial charge in [-0.25, -0.2) is 0 Å². The van der Waals surface area contributed by atoms with Crippen LogP contribution in [0.15, 0.2) is 30.3 Å². The summed E-state index contributed by atoms with van der Waals surface area (Å²) in [5.41, 5.74) is 0.133. The van der Waals surface area contributed by atoms with Gasteiger partial charge in [0.1, 0.15) is 0 Å². The van der Waals surface area contributed by atoms with E-state index in [9.17, 15) is 13.0 Å². The van der Waals surface area contributed by atoms with Crippen LogP contribution in [0.5, 0.6) is 0 Å². The van der Waals surface area contributed by atoms with Crippen LogP contribution in [-0.2, 0) is 14.9 Å². The van der Waals surface area contributed by atoms with Gasteiger partial charge in [0, 0.05) is 11.8 Å². The largest absolute Gasteiger partial charge is 0.404 e. The minimum Gasteiger partial charge on any atom is -0.172 e. The molecule has 0 bridgehead atoms. The number of rotatable bonds is 2. The van der Waals surface area contributed by atoms with Crippen molar-refractivity contribution in [3.63, 3.8) is 0 Å². The zero-order valence-electron chi connectivity index (χ0n) is 5.84. The van der Waals surface area contributed by atoms with Gasteiger partial charge in [-0.15, -0.1) is 0 Å². The molecular formula is C6H5ClNO3S. The molecule has 4 nitrogen and oxygen atoms in total. The van der Waals surface area contributed by atoms with E-state index < -0.39 is 10.3 Å². The minimum absolute atomic E-state index is 0.133. The molecule has 0 unspecified atom stereocenters.